The zero-order valence-corrected chi connectivity index (χ0v) is 19.5. The van der Waals surface area contributed by atoms with Gasteiger partial charge in [0.15, 0.2) is 9.84 Å². The van der Waals surface area contributed by atoms with Gasteiger partial charge in [-0.25, -0.2) is 13.2 Å². The summed E-state index contributed by atoms with van der Waals surface area (Å²) in [6.45, 7) is 10.7. The van der Waals surface area contributed by atoms with Gasteiger partial charge in [-0.15, -0.1) is 0 Å². The first-order chi connectivity index (χ1) is 13.8. The molecule has 0 bridgehead atoms. The predicted molar refractivity (Wildman–Crippen MR) is 116 cm³/mol. The highest BCUT2D eigenvalue weighted by Gasteiger charge is 2.30. The Balaban J connectivity index is 3.27. The largest absolute Gasteiger partial charge is 0.466 e. The van der Waals surface area contributed by atoms with Gasteiger partial charge in [0, 0.05) is 18.7 Å². The highest BCUT2D eigenvalue weighted by Crippen LogP contribution is 2.31. The summed E-state index contributed by atoms with van der Waals surface area (Å²) in [5.41, 5.74) is 5.99. The van der Waals surface area contributed by atoms with Gasteiger partial charge in [-0.1, -0.05) is 6.92 Å². The highest BCUT2D eigenvalue weighted by molar-refractivity contribution is 7.91. The third kappa shape index (κ3) is 7.51. The number of amides is 1. The number of nitrogens with zero attached hydrogens (tertiary/aromatic N) is 1. The Kier molecular flexibility index (Phi) is 9.14. The van der Waals surface area contributed by atoms with Gasteiger partial charge in [0.05, 0.1) is 23.3 Å². The molecule has 0 saturated carbocycles. The Labute approximate surface area is 179 Å². The Hall–Kier alpha value is -2.29. The van der Waals surface area contributed by atoms with Crippen molar-refractivity contribution in [3.63, 3.8) is 0 Å². The summed E-state index contributed by atoms with van der Waals surface area (Å²) >= 11 is 0. The van der Waals surface area contributed by atoms with E-state index in [-0.39, 0.29) is 36.2 Å². The van der Waals surface area contributed by atoms with Gasteiger partial charge in [0.2, 0.25) is 0 Å². The van der Waals surface area contributed by atoms with Crippen molar-refractivity contribution in [1.82, 2.24) is 4.90 Å². The Bertz CT molecular complexity index is 846. The predicted octanol–water partition coefficient (Wildman–Crippen LogP) is 3.70. The standard InChI is InChI=1S/C21H34N2O6S/c1-7-28-19(24)10-9-13-23(20(25)29-21(4,5)6)15(3)17-14-16(22)11-12-18(17)30(26,27)8-2/h11-12,14-15H,7-10,13,22H2,1-6H3. The van der Waals surface area contributed by atoms with Crippen molar-refractivity contribution in [3.8, 4) is 0 Å². The van der Waals surface area contributed by atoms with Crippen LogP contribution in [0.5, 0.6) is 0 Å². The smallest absolute Gasteiger partial charge is 0.410 e. The lowest BCUT2D eigenvalue weighted by Gasteiger charge is -2.33. The number of anilines is 1. The summed E-state index contributed by atoms with van der Waals surface area (Å²) < 4.78 is 35.6. The van der Waals surface area contributed by atoms with Gasteiger partial charge in [-0.05, 0) is 64.8 Å². The Morgan fingerprint density at radius 2 is 1.83 bits per heavy atom. The number of nitrogen functional groups attached to an aromatic ring is 1. The zero-order valence-electron chi connectivity index (χ0n) is 18.7. The lowest BCUT2D eigenvalue weighted by molar-refractivity contribution is -0.143. The van der Waals surface area contributed by atoms with E-state index in [2.05, 4.69) is 0 Å². The van der Waals surface area contributed by atoms with Crippen LogP contribution in [0.25, 0.3) is 0 Å². The van der Waals surface area contributed by atoms with E-state index >= 15 is 0 Å². The molecule has 0 aliphatic rings. The molecule has 0 aliphatic carbocycles. The minimum absolute atomic E-state index is 0.0774. The molecule has 30 heavy (non-hydrogen) atoms. The second kappa shape index (κ2) is 10.7. The minimum Gasteiger partial charge on any atom is -0.466 e. The van der Waals surface area contributed by atoms with Crippen molar-refractivity contribution in [2.75, 3.05) is 24.6 Å². The van der Waals surface area contributed by atoms with Crippen LogP contribution in [0.3, 0.4) is 0 Å². The van der Waals surface area contributed by atoms with Gasteiger partial charge in [0.1, 0.15) is 5.60 Å². The molecule has 1 atom stereocenters. The second-order valence-corrected chi connectivity index (χ2v) is 10.2. The van der Waals surface area contributed by atoms with Crippen LogP contribution in [0.1, 0.15) is 66.0 Å². The van der Waals surface area contributed by atoms with Crippen molar-refractivity contribution in [3.05, 3.63) is 23.8 Å². The molecule has 1 unspecified atom stereocenters. The molecule has 0 saturated heterocycles. The number of carbonyl (C=O) groups is 2. The molecule has 1 aromatic rings. The summed E-state index contributed by atoms with van der Waals surface area (Å²) in [6, 6.07) is 3.92. The third-order valence-electron chi connectivity index (χ3n) is 4.38. The van der Waals surface area contributed by atoms with E-state index in [1.54, 1.807) is 47.6 Å². The monoisotopic (exact) mass is 442 g/mol. The first kappa shape index (κ1) is 25.7. The zero-order chi connectivity index (χ0) is 23.1. The van der Waals surface area contributed by atoms with Gasteiger partial charge < -0.3 is 20.1 Å². The van der Waals surface area contributed by atoms with E-state index in [1.165, 1.54) is 17.0 Å². The fraction of sp³-hybridized carbons (Fsp3) is 0.619. The molecule has 0 spiro atoms. The van der Waals surface area contributed by atoms with Gasteiger partial charge in [-0.3, -0.25) is 4.79 Å². The number of carbonyl (C=O) groups excluding carboxylic acids is 2. The first-order valence-electron chi connectivity index (χ1n) is 10.1. The van der Waals surface area contributed by atoms with Crippen molar-refractivity contribution < 1.29 is 27.5 Å². The molecule has 0 heterocycles. The number of rotatable bonds is 9. The summed E-state index contributed by atoms with van der Waals surface area (Å²) in [5.74, 6) is -0.432. The normalized spacial score (nSPS) is 12.9. The van der Waals surface area contributed by atoms with Crippen LogP contribution >= 0.6 is 0 Å². The third-order valence-corrected chi connectivity index (χ3v) is 6.18. The van der Waals surface area contributed by atoms with Crippen LogP contribution in [0.4, 0.5) is 10.5 Å². The lowest BCUT2D eigenvalue weighted by Crippen LogP contribution is -2.39. The van der Waals surface area contributed by atoms with Crippen LogP contribution < -0.4 is 5.73 Å². The number of sulfone groups is 1. The number of ether oxygens (including phenoxy) is 2. The van der Waals surface area contributed by atoms with E-state index in [0.717, 1.165) is 0 Å². The maximum atomic E-state index is 12.9. The minimum atomic E-state index is -3.53. The van der Waals surface area contributed by atoms with Crippen LogP contribution in [-0.4, -0.2) is 49.9 Å². The van der Waals surface area contributed by atoms with E-state index in [1.807, 2.05) is 0 Å². The molecule has 9 heteroatoms. The van der Waals surface area contributed by atoms with E-state index < -0.39 is 27.6 Å². The van der Waals surface area contributed by atoms with Gasteiger partial charge >= 0.3 is 12.1 Å². The summed E-state index contributed by atoms with van der Waals surface area (Å²) in [7, 11) is -3.53. The number of esters is 1. The van der Waals surface area contributed by atoms with Gasteiger partial charge in [0.25, 0.3) is 0 Å². The number of hydrogen-bond donors (Lipinski definition) is 1. The van der Waals surface area contributed by atoms with Crippen molar-refractivity contribution in [2.45, 2.75) is 70.9 Å². The quantitative estimate of drug-likeness (QED) is 0.458. The fourth-order valence-electron chi connectivity index (χ4n) is 2.89. The van der Waals surface area contributed by atoms with Crippen LogP contribution in [0.15, 0.2) is 23.1 Å². The SMILES string of the molecule is CCOC(=O)CCCN(C(=O)OC(C)(C)C)C(C)c1cc(N)ccc1S(=O)(=O)CC. The average molecular weight is 443 g/mol. The van der Waals surface area contributed by atoms with Crippen molar-refractivity contribution in [2.24, 2.45) is 0 Å². The van der Waals surface area contributed by atoms with Gasteiger partial charge in [-0.2, -0.15) is 0 Å². The fourth-order valence-corrected chi connectivity index (χ4v) is 4.07. The lowest BCUT2D eigenvalue weighted by atomic mass is 10.1. The number of hydrogen-bond acceptors (Lipinski definition) is 7. The summed E-state index contributed by atoms with van der Waals surface area (Å²) in [6.07, 6.45) is -0.113. The van der Waals surface area contributed by atoms with E-state index in [0.29, 0.717) is 17.7 Å². The molecule has 2 N–H and O–H groups in total. The highest BCUT2D eigenvalue weighted by atomic mass is 32.2. The molecular formula is C21H34N2O6S. The molecule has 0 radical (unpaired) electrons. The molecule has 0 aliphatic heterocycles. The number of nitrogens with two attached hydrogens (primary N) is 1. The van der Waals surface area contributed by atoms with Crippen LogP contribution in [-0.2, 0) is 24.1 Å². The molecule has 1 aromatic carbocycles. The van der Waals surface area contributed by atoms with Crippen LogP contribution in [0.2, 0.25) is 0 Å². The second-order valence-electron chi connectivity index (χ2n) is 7.96. The number of benzene rings is 1. The Morgan fingerprint density at radius 3 is 2.37 bits per heavy atom. The van der Waals surface area contributed by atoms with E-state index in [9.17, 15) is 18.0 Å². The molecule has 8 nitrogen and oxygen atoms in total. The molecule has 170 valence electrons. The molecule has 1 rings (SSSR count). The topological polar surface area (TPSA) is 116 Å². The van der Waals surface area contributed by atoms with Crippen LogP contribution in [0, 0.1) is 0 Å². The maximum Gasteiger partial charge on any atom is 0.410 e. The van der Waals surface area contributed by atoms with Crippen molar-refractivity contribution in [1.29, 1.82) is 0 Å². The van der Waals surface area contributed by atoms with E-state index in [4.69, 9.17) is 15.2 Å². The average Bonchev–Trinajstić information content (AvgIpc) is 2.63. The Morgan fingerprint density at radius 1 is 1.20 bits per heavy atom. The first-order valence-corrected chi connectivity index (χ1v) is 11.7. The molecule has 0 fully saturated rings. The summed E-state index contributed by atoms with van der Waals surface area (Å²) in [4.78, 5) is 26.1. The molecule has 1 amide bonds. The maximum absolute atomic E-state index is 12.9. The molecular weight excluding hydrogens is 408 g/mol. The summed E-state index contributed by atoms with van der Waals surface area (Å²) in [5, 5.41) is 0. The molecule has 0 aromatic heterocycles. The van der Waals surface area contributed by atoms with Crippen molar-refractivity contribution >= 4 is 27.6 Å².